The van der Waals surface area contributed by atoms with E-state index >= 15 is 0 Å². The van der Waals surface area contributed by atoms with Gasteiger partial charge in [0.2, 0.25) is 0 Å². The van der Waals surface area contributed by atoms with Crippen molar-refractivity contribution in [3.05, 3.63) is 33.2 Å². The maximum Gasteiger partial charge on any atom is 0.133 e. The molecule has 0 spiro atoms. The lowest BCUT2D eigenvalue weighted by Crippen LogP contribution is -2.16. The second-order valence-corrected chi connectivity index (χ2v) is 7.79. The minimum absolute atomic E-state index is 0.819. The van der Waals surface area contributed by atoms with E-state index in [9.17, 15) is 0 Å². The van der Waals surface area contributed by atoms with Gasteiger partial charge in [-0.2, -0.15) is 0 Å². The Morgan fingerprint density at radius 3 is 2.92 bits per heavy atom. The third-order valence-corrected chi connectivity index (χ3v) is 5.88. The van der Waals surface area contributed by atoms with E-state index < -0.39 is 0 Å². The van der Waals surface area contributed by atoms with E-state index in [4.69, 9.17) is 9.97 Å². The molecule has 0 saturated heterocycles. The normalized spacial score (nSPS) is 17.4. The monoisotopic (exact) mass is 343 g/mol. The number of aryl methyl sites for hydroxylation is 1. The van der Waals surface area contributed by atoms with Crippen molar-refractivity contribution in [1.29, 1.82) is 0 Å². The maximum atomic E-state index is 4.89. The minimum atomic E-state index is 0.819. The molecule has 0 amide bonds. The SMILES string of the molecule is Cc1ncsc1CCNc1nc(CC2CC2)nc2c1CCNCC2. The fraction of sp³-hybridized carbons (Fsp3) is 0.611. The van der Waals surface area contributed by atoms with Crippen LogP contribution in [0.3, 0.4) is 0 Å². The van der Waals surface area contributed by atoms with E-state index in [1.165, 1.54) is 29.0 Å². The van der Waals surface area contributed by atoms with Crippen LogP contribution < -0.4 is 10.6 Å². The molecule has 0 unspecified atom stereocenters. The van der Waals surface area contributed by atoms with Gasteiger partial charge in [-0.25, -0.2) is 15.0 Å². The third-order valence-electron chi connectivity index (χ3n) is 4.89. The lowest BCUT2D eigenvalue weighted by atomic mass is 10.1. The first kappa shape index (κ1) is 16.0. The number of fused-ring (bicyclic) bond motifs is 1. The van der Waals surface area contributed by atoms with Gasteiger partial charge >= 0.3 is 0 Å². The summed E-state index contributed by atoms with van der Waals surface area (Å²) in [7, 11) is 0. The van der Waals surface area contributed by atoms with Gasteiger partial charge in [0.1, 0.15) is 11.6 Å². The first-order valence-electron chi connectivity index (χ1n) is 9.02. The summed E-state index contributed by atoms with van der Waals surface area (Å²) >= 11 is 1.74. The van der Waals surface area contributed by atoms with Crippen LogP contribution in [0.4, 0.5) is 5.82 Å². The van der Waals surface area contributed by atoms with Gasteiger partial charge in [-0.3, -0.25) is 0 Å². The fourth-order valence-corrected chi connectivity index (χ4v) is 4.06. The number of hydrogen-bond donors (Lipinski definition) is 2. The Balaban J connectivity index is 1.51. The highest BCUT2D eigenvalue weighted by Crippen LogP contribution is 2.32. The van der Waals surface area contributed by atoms with Crippen LogP contribution in [0.1, 0.15) is 40.5 Å². The summed E-state index contributed by atoms with van der Waals surface area (Å²) in [6.07, 6.45) is 6.76. The van der Waals surface area contributed by atoms with Gasteiger partial charge in [0, 0.05) is 42.8 Å². The average molecular weight is 344 g/mol. The molecule has 1 saturated carbocycles. The van der Waals surface area contributed by atoms with Crippen molar-refractivity contribution >= 4 is 17.2 Å². The second-order valence-electron chi connectivity index (χ2n) is 6.85. The molecule has 0 radical (unpaired) electrons. The van der Waals surface area contributed by atoms with Gasteiger partial charge in [-0.15, -0.1) is 11.3 Å². The summed E-state index contributed by atoms with van der Waals surface area (Å²) in [5, 5.41) is 7.08. The summed E-state index contributed by atoms with van der Waals surface area (Å²) in [6.45, 7) is 5.03. The molecule has 2 aromatic heterocycles. The third kappa shape index (κ3) is 3.75. The predicted octanol–water partition coefficient (Wildman–Crippen LogP) is 2.54. The Bertz CT molecular complexity index is 707. The Morgan fingerprint density at radius 1 is 1.25 bits per heavy atom. The lowest BCUT2D eigenvalue weighted by molar-refractivity contribution is 0.706. The molecular formula is C18H25N5S. The van der Waals surface area contributed by atoms with Crippen molar-refractivity contribution in [3.8, 4) is 0 Å². The Kier molecular flexibility index (Phi) is 4.76. The van der Waals surface area contributed by atoms with E-state index in [0.717, 1.165) is 68.6 Å². The quantitative estimate of drug-likeness (QED) is 0.844. The molecule has 3 heterocycles. The van der Waals surface area contributed by atoms with Gasteiger partial charge in [-0.1, -0.05) is 0 Å². The molecule has 1 aliphatic carbocycles. The first-order chi connectivity index (χ1) is 11.8. The van der Waals surface area contributed by atoms with Gasteiger partial charge in [0.25, 0.3) is 0 Å². The molecule has 0 atom stereocenters. The molecule has 0 aromatic carbocycles. The zero-order valence-electron chi connectivity index (χ0n) is 14.3. The summed E-state index contributed by atoms with van der Waals surface area (Å²) < 4.78 is 0. The van der Waals surface area contributed by atoms with Crippen LogP contribution in [0.5, 0.6) is 0 Å². The molecule has 6 heteroatoms. The van der Waals surface area contributed by atoms with Crippen LogP contribution in [0.15, 0.2) is 5.51 Å². The number of nitrogens with zero attached hydrogens (tertiary/aromatic N) is 3. The molecule has 2 aliphatic rings. The van der Waals surface area contributed by atoms with E-state index in [1.807, 2.05) is 5.51 Å². The summed E-state index contributed by atoms with van der Waals surface area (Å²) in [5.41, 5.74) is 5.66. The van der Waals surface area contributed by atoms with Crippen molar-refractivity contribution < 1.29 is 0 Å². The molecule has 2 aromatic rings. The lowest BCUT2D eigenvalue weighted by Gasteiger charge is -2.14. The van der Waals surface area contributed by atoms with Gasteiger partial charge in [0.15, 0.2) is 0 Å². The molecular weight excluding hydrogens is 318 g/mol. The second kappa shape index (κ2) is 7.15. The molecule has 2 N–H and O–H groups in total. The standard InChI is InChI=1S/C18H25N5S/c1-12-16(24-11-21-12)6-9-20-18-14-4-7-19-8-5-15(14)22-17(23-18)10-13-2-3-13/h11,13,19H,2-10H2,1H3,(H,20,22,23). The van der Waals surface area contributed by atoms with Crippen LogP contribution in [-0.2, 0) is 25.7 Å². The van der Waals surface area contributed by atoms with Gasteiger partial charge < -0.3 is 10.6 Å². The summed E-state index contributed by atoms with van der Waals surface area (Å²) in [5.74, 6) is 2.93. The van der Waals surface area contributed by atoms with E-state index in [0.29, 0.717) is 0 Å². The summed E-state index contributed by atoms with van der Waals surface area (Å²) in [4.78, 5) is 15.5. The van der Waals surface area contributed by atoms with Gasteiger partial charge in [-0.05, 0) is 38.6 Å². The van der Waals surface area contributed by atoms with Crippen molar-refractivity contribution in [1.82, 2.24) is 20.3 Å². The van der Waals surface area contributed by atoms with Crippen molar-refractivity contribution in [3.63, 3.8) is 0 Å². The molecule has 5 nitrogen and oxygen atoms in total. The molecule has 4 rings (SSSR count). The molecule has 0 bridgehead atoms. The number of nitrogens with one attached hydrogen (secondary N) is 2. The van der Waals surface area contributed by atoms with Gasteiger partial charge in [0.05, 0.1) is 16.9 Å². The van der Waals surface area contributed by atoms with Crippen molar-refractivity contribution in [2.45, 2.75) is 45.4 Å². The highest BCUT2D eigenvalue weighted by atomic mass is 32.1. The highest BCUT2D eigenvalue weighted by molar-refractivity contribution is 7.09. The Morgan fingerprint density at radius 2 is 2.12 bits per heavy atom. The largest absolute Gasteiger partial charge is 0.369 e. The topological polar surface area (TPSA) is 62.7 Å². The summed E-state index contributed by atoms with van der Waals surface area (Å²) in [6, 6.07) is 0. The minimum Gasteiger partial charge on any atom is -0.369 e. The maximum absolute atomic E-state index is 4.89. The Labute approximate surface area is 147 Å². The van der Waals surface area contributed by atoms with E-state index in [2.05, 4.69) is 22.5 Å². The smallest absolute Gasteiger partial charge is 0.133 e. The molecule has 24 heavy (non-hydrogen) atoms. The van der Waals surface area contributed by atoms with Crippen LogP contribution in [0.25, 0.3) is 0 Å². The van der Waals surface area contributed by atoms with Crippen molar-refractivity contribution in [2.75, 3.05) is 25.0 Å². The zero-order valence-corrected chi connectivity index (χ0v) is 15.1. The Hall–Kier alpha value is -1.53. The number of aromatic nitrogens is 3. The number of anilines is 1. The van der Waals surface area contributed by atoms with Crippen LogP contribution in [0, 0.1) is 12.8 Å². The number of thiazole rings is 1. The molecule has 1 fully saturated rings. The number of hydrogen-bond acceptors (Lipinski definition) is 6. The predicted molar refractivity (Wildman–Crippen MR) is 97.8 cm³/mol. The first-order valence-corrected chi connectivity index (χ1v) is 9.90. The average Bonchev–Trinajstić information content (AvgIpc) is 3.33. The zero-order chi connectivity index (χ0) is 16.4. The number of rotatable bonds is 6. The van der Waals surface area contributed by atoms with Crippen LogP contribution >= 0.6 is 11.3 Å². The fourth-order valence-electron chi connectivity index (χ4n) is 3.27. The molecule has 128 valence electrons. The van der Waals surface area contributed by atoms with Crippen LogP contribution in [-0.4, -0.2) is 34.6 Å². The molecule has 1 aliphatic heterocycles. The van der Waals surface area contributed by atoms with E-state index in [1.54, 1.807) is 11.3 Å². The highest BCUT2D eigenvalue weighted by Gasteiger charge is 2.24. The van der Waals surface area contributed by atoms with Crippen molar-refractivity contribution in [2.24, 2.45) is 5.92 Å². The van der Waals surface area contributed by atoms with Crippen LogP contribution in [0.2, 0.25) is 0 Å². The van der Waals surface area contributed by atoms with E-state index in [-0.39, 0.29) is 0 Å².